The minimum atomic E-state index is -0.642. The van der Waals surface area contributed by atoms with Gasteiger partial charge < -0.3 is 26.4 Å². The topological polar surface area (TPSA) is 106 Å². The summed E-state index contributed by atoms with van der Waals surface area (Å²) in [6, 6.07) is 9.51. The zero-order chi connectivity index (χ0) is 19.3. The van der Waals surface area contributed by atoms with Crippen molar-refractivity contribution in [2.45, 2.75) is 31.8 Å². The summed E-state index contributed by atoms with van der Waals surface area (Å²) in [6.07, 6.45) is 0.675. The lowest BCUT2D eigenvalue weighted by Gasteiger charge is -2.34. The molecule has 1 atom stereocenters. The van der Waals surface area contributed by atoms with Crippen LogP contribution in [-0.4, -0.2) is 49.6 Å². The highest BCUT2D eigenvalue weighted by molar-refractivity contribution is 6.00. The van der Waals surface area contributed by atoms with Crippen LogP contribution in [0.25, 0.3) is 0 Å². The number of carbonyl (C=O) groups excluding carboxylic acids is 1. The molecule has 0 saturated carbocycles. The van der Waals surface area contributed by atoms with Gasteiger partial charge in [0.25, 0.3) is 0 Å². The van der Waals surface area contributed by atoms with Crippen LogP contribution in [0.15, 0.2) is 46.6 Å². The van der Waals surface area contributed by atoms with Crippen molar-refractivity contribution in [1.29, 1.82) is 0 Å². The van der Waals surface area contributed by atoms with Crippen LogP contribution in [0.4, 0.5) is 4.79 Å². The molecule has 0 saturated heterocycles. The Morgan fingerprint density at radius 1 is 1.38 bits per heavy atom. The molecule has 0 spiro atoms. The molecule has 1 aromatic rings. The van der Waals surface area contributed by atoms with Crippen molar-refractivity contribution in [2.24, 2.45) is 16.5 Å². The minimum Gasteiger partial charge on any atom is -0.400 e. The van der Waals surface area contributed by atoms with Gasteiger partial charge in [0.05, 0.1) is 18.1 Å². The average Bonchev–Trinajstić information content (AvgIpc) is 2.88. The summed E-state index contributed by atoms with van der Waals surface area (Å²) in [5, 5.41) is 3.11. The van der Waals surface area contributed by atoms with Crippen LogP contribution in [0.2, 0.25) is 0 Å². The van der Waals surface area contributed by atoms with Crippen molar-refractivity contribution in [2.75, 3.05) is 27.3 Å². The minimum absolute atomic E-state index is 0.151. The summed E-state index contributed by atoms with van der Waals surface area (Å²) in [5.74, 6) is 0.366. The van der Waals surface area contributed by atoms with Gasteiger partial charge in [-0.05, 0) is 25.8 Å². The van der Waals surface area contributed by atoms with Gasteiger partial charge in [-0.15, -0.1) is 0 Å². The number of benzene rings is 1. The number of carbonyl (C=O) groups is 1. The Hall–Kier alpha value is -2.54. The summed E-state index contributed by atoms with van der Waals surface area (Å²) in [5.41, 5.74) is 13.9. The maximum Gasteiger partial charge on any atom is 0.318 e. The Bertz CT molecular complexity index is 697. The molecule has 1 unspecified atom stereocenters. The Morgan fingerprint density at radius 2 is 2.04 bits per heavy atom. The van der Waals surface area contributed by atoms with Crippen LogP contribution in [-0.2, 0) is 4.74 Å². The van der Waals surface area contributed by atoms with Crippen LogP contribution in [0.3, 0.4) is 0 Å². The first-order valence-corrected chi connectivity index (χ1v) is 8.66. The van der Waals surface area contributed by atoms with Crippen LogP contribution < -0.4 is 16.8 Å². The SMILES string of the molecule is CN=C(N)C1=C(N)C(C)(C)N(C(=O)NC(CCOC)c2ccccc2)C1. The van der Waals surface area contributed by atoms with E-state index in [2.05, 4.69) is 10.3 Å². The van der Waals surface area contributed by atoms with Gasteiger partial charge in [-0.2, -0.15) is 0 Å². The number of ether oxygens (including phenoxy) is 1. The molecule has 1 aliphatic heterocycles. The lowest BCUT2D eigenvalue weighted by molar-refractivity contribution is 0.157. The summed E-state index contributed by atoms with van der Waals surface area (Å²) in [4.78, 5) is 18.7. The second-order valence-corrected chi connectivity index (χ2v) is 6.84. The Kier molecular flexibility index (Phi) is 6.26. The number of amides is 2. The lowest BCUT2D eigenvalue weighted by Crippen LogP contribution is -2.51. The monoisotopic (exact) mass is 359 g/mol. The van der Waals surface area contributed by atoms with Gasteiger partial charge in [0.15, 0.2) is 0 Å². The van der Waals surface area contributed by atoms with E-state index in [4.69, 9.17) is 16.2 Å². The quantitative estimate of drug-likeness (QED) is 0.531. The molecule has 142 valence electrons. The molecule has 0 aliphatic carbocycles. The van der Waals surface area contributed by atoms with E-state index in [1.807, 2.05) is 44.2 Å². The number of methoxy groups -OCH3 is 1. The van der Waals surface area contributed by atoms with Crippen molar-refractivity contribution < 1.29 is 9.53 Å². The van der Waals surface area contributed by atoms with Gasteiger partial charge in [0, 0.05) is 32.0 Å². The van der Waals surface area contributed by atoms with E-state index in [9.17, 15) is 4.79 Å². The van der Waals surface area contributed by atoms with E-state index in [1.54, 1.807) is 19.1 Å². The van der Waals surface area contributed by atoms with Crippen molar-refractivity contribution in [3.63, 3.8) is 0 Å². The Morgan fingerprint density at radius 3 is 2.62 bits per heavy atom. The normalized spacial score (nSPS) is 18.2. The summed E-state index contributed by atoms with van der Waals surface area (Å²) in [7, 11) is 3.26. The molecule has 7 heteroatoms. The molecule has 2 rings (SSSR count). The summed E-state index contributed by atoms with van der Waals surface area (Å²) < 4.78 is 5.20. The van der Waals surface area contributed by atoms with Crippen molar-refractivity contribution >= 4 is 11.9 Å². The number of rotatable bonds is 6. The first kappa shape index (κ1) is 19.8. The van der Waals surface area contributed by atoms with Gasteiger partial charge >= 0.3 is 6.03 Å². The van der Waals surface area contributed by atoms with Crippen molar-refractivity contribution in [3.05, 3.63) is 47.2 Å². The van der Waals surface area contributed by atoms with Crippen LogP contribution in [0, 0.1) is 0 Å². The largest absolute Gasteiger partial charge is 0.400 e. The number of nitrogens with two attached hydrogens (primary N) is 2. The number of hydrogen-bond acceptors (Lipinski definition) is 4. The maximum atomic E-state index is 13.0. The number of nitrogens with zero attached hydrogens (tertiary/aromatic N) is 2. The molecule has 5 N–H and O–H groups in total. The molecule has 0 radical (unpaired) electrons. The lowest BCUT2D eigenvalue weighted by atomic mass is 10.00. The first-order chi connectivity index (χ1) is 12.3. The van der Waals surface area contributed by atoms with E-state index in [-0.39, 0.29) is 12.1 Å². The molecule has 7 nitrogen and oxygen atoms in total. The zero-order valence-electron chi connectivity index (χ0n) is 16.0. The van der Waals surface area contributed by atoms with Crippen molar-refractivity contribution in [3.8, 4) is 0 Å². The Labute approximate surface area is 155 Å². The Balaban J connectivity index is 2.19. The smallest absolute Gasteiger partial charge is 0.318 e. The van der Waals surface area contributed by atoms with Crippen LogP contribution in [0.5, 0.6) is 0 Å². The second kappa shape index (κ2) is 8.23. The van der Waals surface area contributed by atoms with Gasteiger partial charge in [-0.3, -0.25) is 4.99 Å². The molecule has 0 bridgehead atoms. The number of hydrogen-bond donors (Lipinski definition) is 3. The fraction of sp³-hybridized carbons (Fsp3) is 0.474. The molecule has 26 heavy (non-hydrogen) atoms. The van der Waals surface area contributed by atoms with Gasteiger partial charge in [0.1, 0.15) is 5.84 Å². The van der Waals surface area contributed by atoms with E-state index in [0.717, 1.165) is 5.56 Å². The fourth-order valence-electron chi connectivity index (χ4n) is 3.11. The third kappa shape index (κ3) is 3.99. The molecule has 0 fully saturated rings. The number of aliphatic imine (C=N–C) groups is 1. The van der Waals surface area contributed by atoms with Crippen LogP contribution in [0.1, 0.15) is 31.9 Å². The third-order valence-corrected chi connectivity index (χ3v) is 4.88. The molecule has 0 aromatic heterocycles. The van der Waals surface area contributed by atoms with E-state index >= 15 is 0 Å². The van der Waals surface area contributed by atoms with E-state index < -0.39 is 5.54 Å². The highest BCUT2D eigenvalue weighted by atomic mass is 16.5. The van der Waals surface area contributed by atoms with Gasteiger partial charge in [0.2, 0.25) is 0 Å². The standard InChI is InChI=1S/C19H29N5O2/c1-19(2)16(20)14(17(21)22-3)12-24(19)18(25)23-15(10-11-26-4)13-8-6-5-7-9-13/h5-9,15H,10-12,20H2,1-4H3,(H2,21,22)(H,23,25). The predicted molar refractivity (Wildman–Crippen MR) is 104 cm³/mol. The van der Waals surface area contributed by atoms with Gasteiger partial charge in [-0.25, -0.2) is 4.79 Å². The zero-order valence-corrected chi connectivity index (χ0v) is 16.0. The van der Waals surface area contributed by atoms with Crippen LogP contribution >= 0.6 is 0 Å². The number of amidine groups is 1. The fourth-order valence-corrected chi connectivity index (χ4v) is 3.11. The van der Waals surface area contributed by atoms with E-state index in [1.165, 1.54) is 0 Å². The first-order valence-electron chi connectivity index (χ1n) is 8.66. The maximum absolute atomic E-state index is 13.0. The molecule has 2 amide bonds. The highest BCUT2D eigenvalue weighted by Gasteiger charge is 2.42. The van der Waals surface area contributed by atoms with E-state index in [0.29, 0.717) is 36.7 Å². The molecule has 1 aliphatic rings. The van der Waals surface area contributed by atoms with Crippen molar-refractivity contribution in [1.82, 2.24) is 10.2 Å². The molecule has 1 heterocycles. The number of urea groups is 1. The summed E-state index contributed by atoms with van der Waals surface area (Å²) in [6.45, 7) is 4.69. The second-order valence-electron chi connectivity index (χ2n) is 6.84. The third-order valence-electron chi connectivity index (χ3n) is 4.88. The number of nitrogens with one attached hydrogen (secondary N) is 1. The highest BCUT2D eigenvalue weighted by Crippen LogP contribution is 2.32. The molecular formula is C19H29N5O2. The summed E-state index contributed by atoms with van der Waals surface area (Å²) >= 11 is 0. The van der Waals surface area contributed by atoms with Gasteiger partial charge in [-0.1, -0.05) is 30.3 Å². The molecule has 1 aromatic carbocycles. The average molecular weight is 359 g/mol. The molecular weight excluding hydrogens is 330 g/mol. The predicted octanol–water partition coefficient (Wildman–Crippen LogP) is 1.77.